The van der Waals surface area contributed by atoms with Crippen LogP contribution in [0.15, 0.2) is 53.6 Å². The molecule has 2 amide bonds. The van der Waals surface area contributed by atoms with Crippen LogP contribution in [0.4, 0.5) is 5.00 Å². The van der Waals surface area contributed by atoms with Crippen molar-refractivity contribution in [2.24, 2.45) is 11.0 Å². The second-order valence-corrected chi connectivity index (χ2v) is 10.8. The summed E-state index contributed by atoms with van der Waals surface area (Å²) in [6, 6.07) is 13.5. The molecule has 1 heterocycles. The summed E-state index contributed by atoms with van der Waals surface area (Å²) in [6.45, 7) is 5.82. The van der Waals surface area contributed by atoms with Crippen molar-refractivity contribution < 1.29 is 23.9 Å². The number of rotatable bonds is 9. The fourth-order valence-electron chi connectivity index (χ4n) is 4.19. The number of benzene rings is 2. The van der Waals surface area contributed by atoms with Crippen LogP contribution >= 0.6 is 22.9 Å². The third-order valence-electron chi connectivity index (χ3n) is 6.28. The third kappa shape index (κ3) is 7.25. The average molecular weight is 568 g/mol. The molecule has 2 atom stereocenters. The zero-order chi connectivity index (χ0) is 27.9. The van der Waals surface area contributed by atoms with E-state index >= 15 is 0 Å². The molecule has 0 bridgehead atoms. The highest BCUT2D eigenvalue weighted by Gasteiger charge is 2.29. The van der Waals surface area contributed by atoms with Crippen molar-refractivity contribution in [1.29, 1.82) is 0 Å². The minimum absolute atomic E-state index is 0.264. The van der Waals surface area contributed by atoms with E-state index in [9.17, 15) is 14.4 Å². The zero-order valence-corrected chi connectivity index (χ0v) is 23.5. The third-order valence-corrected chi connectivity index (χ3v) is 7.70. The molecule has 39 heavy (non-hydrogen) atoms. The summed E-state index contributed by atoms with van der Waals surface area (Å²) >= 11 is 7.30. The fraction of sp³-hybridized carbons (Fsp3) is 0.310. The second kappa shape index (κ2) is 12.9. The first-order chi connectivity index (χ1) is 18.7. The Morgan fingerprint density at radius 1 is 1.15 bits per heavy atom. The first-order valence-corrected chi connectivity index (χ1v) is 13.9. The molecule has 3 aromatic rings. The monoisotopic (exact) mass is 567 g/mol. The molecule has 1 aromatic heterocycles. The summed E-state index contributed by atoms with van der Waals surface area (Å²) in [6.07, 6.45) is 3.36. The molecule has 2 unspecified atom stereocenters. The lowest BCUT2D eigenvalue weighted by atomic mass is 9.88. The van der Waals surface area contributed by atoms with Crippen LogP contribution in [0.5, 0.6) is 5.75 Å². The average Bonchev–Trinajstić information content (AvgIpc) is 3.27. The van der Waals surface area contributed by atoms with Crippen LogP contribution in [0.1, 0.15) is 63.9 Å². The fourth-order valence-corrected chi connectivity index (χ4v) is 5.71. The Morgan fingerprint density at radius 2 is 1.87 bits per heavy atom. The molecule has 0 fully saturated rings. The number of hydrazone groups is 1. The van der Waals surface area contributed by atoms with Gasteiger partial charge in [0.05, 0.1) is 18.4 Å². The standard InChI is InChI=1S/C29H30ClN3O5S/c1-4-37-29(36)25-23-14-5-17(2)15-24(23)39-28(25)32-27(35)20-8-12-22(13-9-20)38-18(3)26(34)33-31-16-19-6-10-21(30)11-7-19/h6-13,16-18H,4-5,14-15H2,1-3H3,(H,32,35)(H,33,34)/b31-16+. The molecule has 204 valence electrons. The van der Waals surface area contributed by atoms with E-state index in [2.05, 4.69) is 22.8 Å². The minimum Gasteiger partial charge on any atom is -0.481 e. The van der Waals surface area contributed by atoms with Gasteiger partial charge < -0.3 is 14.8 Å². The van der Waals surface area contributed by atoms with Gasteiger partial charge in [0.2, 0.25) is 0 Å². The number of hydrogen-bond donors (Lipinski definition) is 2. The number of nitrogens with one attached hydrogen (secondary N) is 2. The molecule has 1 aliphatic carbocycles. The van der Waals surface area contributed by atoms with Crippen molar-refractivity contribution in [3.8, 4) is 5.75 Å². The van der Waals surface area contributed by atoms with Gasteiger partial charge in [-0.2, -0.15) is 5.10 Å². The van der Waals surface area contributed by atoms with Crippen LogP contribution in [0.2, 0.25) is 5.02 Å². The van der Waals surface area contributed by atoms with Crippen molar-refractivity contribution in [2.75, 3.05) is 11.9 Å². The molecule has 0 aliphatic heterocycles. The highest BCUT2D eigenvalue weighted by molar-refractivity contribution is 7.17. The number of esters is 1. The number of carbonyl (C=O) groups excluding carboxylic acids is 3. The molecule has 0 saturated heterocycles. The first-order valence-electron chi connectivity index (χ1n) is 12.7. The number of nitrogens with zero attached hydrogens (tertiary/aromatic N) is 1. The molecule has 4 rings (SSSR count). The molecule has 10 heteroatoms. The smallest absolute Gasteiger partial charge is 0.341 e. The Kier molecular flexibility index (Phi) is 9.37. The molecule has 8 nitrogen and oxygen atoms in total. The van der Waals surface area contributed by atoms with Gasteiger partial charge >= 0.3 is 5.97 Å². The normalized spacial score (nSPS) is 15.3. The number of halogens is 1. The topological polar surface area (TPSA) is 106 Å². The van der Waals surface area contributed by atoms with Gasteiger partial charge in [-0.15, -0.1) is 11.3 Å². The summed E-state index contributed by atoms with van der Waals surface area (Å²) in [5, 5.41) is 7.97. The Balaban J connectivity index is 1.37. The summed E-state index contributed by atoms with van der Waals surface area (Å²) in [5.41, 5.74) is 5.07. The van der Waals surface area contributed by atoms with E-state index in [1.54, 1.807) is 62.4 Å². The number of fused-ring (bicyclic) bond motifs is 1. The zero-order valence-electron chi connectivity index (χ0n) is 22.0. The predicted octanol–water partition coefficient (Wildman–Crippen LogP) is 5.87. The van der Waals surface area contributed by atoms with Crippen LogP contribution in [-0.2, 0) is 22.4 Å². The second-order valence-electron chi connectivity index (χ2n) is 9.30. The summed E-state index contributed by atoms with van der Waals surface area (Å²) < 4.78 is 11.0. The maximum absolute atomic E-state index is 13.0. The van der Waals surface area contributed by atoms with E-state index in [0.717, 1.165) is 35.3 Å². The maximum Gasteiger partial charge on any atom is 0.341 e. The van der Waals surface area contributed by atoms with Crippen LogP contribution in [0, 0.1) is 5.92 Å². The molecular weight excluding hydrogens is 538 g/mol. The van der Waals surface area contributed by atoms with Crippen LogP contribution < -0.4 is 15.5 Å². The quantitative estimate of drug-likeness (QED) is 0.191. The van der Waals surface area contributed by atoms with Gasteiger partial charge in [0.1, 0.15) is 10.8 Å². The highest BCUT2D eigenvalue weighted by Crippen LogP contribution is 2.40. The van der Waals surface area contributed by atoms with Crippen molar-refractivity contribution in [1.82, 2.24) is 5.43 Å². The van der Waals surface area contributed by atoms with Gasteiger partial charge in [0.25, 0.3) is 11.8 Å². The predicted molar refractivity (Wildman–Crippen MR) is 153 cm³/mol. The van der Waals surface area contributed by atoms with Crippen LogP contribution in [-0.4, -0.2) is 36.7 Å². The van der Waals surface area contributed by atoms with Gasteiger partial charge in [-0.3, -0.25) is 9.59 Å². The largest absolute Gasteiger partial charge is 0.481 e. The summed E-state index contributed by atoms with van der Waals surface area (Å²) in [4.78, 5) is 39.2. The van der Waals surface area contributed by atoms with E-state index in [1.807, 2.05) is 0 Å². The van der Waals surface area contributed by atoms with E-state index in [1.165, 1.54) is 17.6 Å². The Labute approximate surface area is 236 Å². The van der Waals surface area contributed by atoms with Crippen molar-refractivity contribution >= 4 is 51.9 Å². The highest BCUT2D eigenvalue weighted by atomic mass is 35.5. The minimum atomic E-state index is -0.820. The Morgan fingerprint density at radius 3 is 2.56 bits per heavy atom. The molecular formula is C29H30ClN3O5S. The van der Waals surface area contributed by atoms with Crippen LogP contribution in [0.25, 0.3) is 0 Å². The van der Waals surface area contributed by atoms with Gasteiger partial charge in [0, 0.05) is 15.5 Å². The van der Waals surface area contributed by atoms with Crippen molar-refractivity contribution in [3.05, 3.63) is 80.7 Å². The molecule has 0 radical (unpaired) electrons. The summed E-state index contributed by atoms with van der Waals surface area (Å²) in [5.74, 6) is -0.232. The maximum atomic E-state index is 13.0. The Bertz CT molecular complexity index is 1370. The Hall–Kier alpha value is -3.69. The lowest BCUT2D eigenvalue weighted by Gasteiger charge is -2.18. The van der Waals surface area contributed by atoms with Gasteiger partial charge in [-0.25, -0.2) is 10.2 Å². The number of thiophene rings is 1. The van der Waals surface area contributed by atoms with Crippen molar-refractivity contribution in [2.45, 2.75) is 46.1 Å². The van der Waals surface area contributed by atoms with Gasteiger partial charge in [0.15, 0.2) is 6.10 Å². The number of hydrogen-bond acceptors (Lipinski definition) is 7. The number of ether oxygens (including phenoxy) is 2. The lowest BCUT2D eigenvalue weighted by Crippen LogP contribution is -2.33. The van der Waals surface area contributed by atoms with E-state index in [4.69, 9.17) is 21.1 Å². The van der Waals surface area contributed by atoms with Crippen molar-refractivity contribution in [3.63, 3.8) is 0 Å². The van der Waals surface area contributed by atoms with E-state index < -0.39 is 18.0 Å². The van der Waals surface area contributed by atoms with Crippen LogP contribution in [0.3, 0.4) is 0 Å². The number of anilines is 1. The molecule has 2 N–H and O–H groups in total. The first kappa shape index (κ1) is 28.3. The number of carbonyl (C=O) groups is 3. The molecule has 0 spiro atoms. The molecule has 2 aromatic carbocycles. The van der Waals surface area contributed by atoms with Gasteiger partial charge in [-0.05, 0) is 86.6 Å². The van der Waals surface area contributed by atoms with Gasteiger partial charge in [-0.1, -0.05) is 30.7 Å². The van der Waals surface area contributed by atoms with E-state index in [-0.39, 0.29) is 12.5 Å². The SMILES string of the molecule is CCOC(=O)c1c(NC(=O)c2ccc(OC(C)C(=O)N/N=C/c3ccc(Cl)cc3)cc2)sc2c1CCC(C)C2. The molecule has 0 saturated carbocycles. The number of amides is 2. The summed E-state index contributed by atoms with van der Waals surface area (Å²) in [7, 11) is 0. The molecule has 1 aliphatic rings. The van der Waals surface area contributed by atoms with E-state index in [0.29, 0.717) is 32.8 Å². The lowest BCUT2D eigenvalue weighted by molar-refractivity contribution is -0.127.